The van der Waals surface area contributed by atoms with Gasteiger partial charge < -0.3 is 14.6 Å². The summed E-state index contributed by atoms with van der Waals surface area (Å²) in [6, 6.07) is 0. The molecule has 0 heterocycles. The molecule has 0 aromatic heterocycles. The number of aliphatic hydroxyl groups excluding tert-OH is 1. The van der Waals surface area contributed by atoms with Crippen LogP contribution in [-0.2, 0) is 19.1 Å². The van der Waals surface area contributed by atoms with E-state index < -0.39 is 6.10 Å². The second-order valence-electron chi connectivity index (χ2n) is 20.8. The summed E-state index contributed by atoms with van der Waals surface area (Å²) < 4.78 is 10.7. The molecule has 1 unspecified atom stereocenters. The second-order valence-corrected chi connectivity index (χ2v) is 20.8. The molecule has 1 atom stereocenters. The van der Waals surface area contributed by atoms with Gasteiger partial charge in [-0.05, 0) is 44.9 Å². The number of hydrogen-bond acceptors (Lipinski definition) is 5. The number of carbonyl (C=O) groups excluding carboxylic acids is 2. The Kier molecular flexibility index (Phi) is 57.3. The van der Waals surface area contributed by atoms with Crippen molar-refractivity contribution in [1.29, 1.82) is 0 Å². The molecule has 0 amide bonds. The lowest BCUT2D eigenvalue weighted by molar-refractivity contribution is -0.161. The Hall–Kier alpha value is -1.62. The van der Waals surface area contributed by atoms with Crippen molar-refractivity contribution < 1.29 is 24.2 Å². The molecule has 0 aromatic rings. The molecule has 0 saturated carbocycles. The number of ether oxygens (including phenoxy) is 2. The summed E-state index contributed by atoms with van der Waals surface area (Å²) in [5, 5.41) is 9.67. The predicted octanol–water partition coefficient (Wildman–Crippen LogP) is 20.5. The van der Waals surface area contributed by atoms with E-state index in [4.69, 9.17) is 9.47 Å². The van der Waals surface area contributed by atoms with Gasteiger partial charge in [0, 0.05) is 12.8 Å². The molecule has 0 aromatic carbocycles. The smallest absolute Gasteiger partial charge is 0.306 e. The highest BCUT2D eigenvalue weighted by molar-refractivity contribution is 5.70. The molecule has 0 aliphatic heterocycles. The molecular weight excluding hydrogens is 825 g/mol. The second kappa shape index (κ2) is 58.7. The van der Waals surface area contributed by atoms with E-state index >= 15 is 0 Å². The fourth-order valence-corrected chi connectivity index (χ4v) is 9.41. The average Bonchev–Trinajstić information content (AvgIpc) is 3.33. The first kappa shape index (κ1) is 65.4. The minimum absolute atomic E-state index is 0.0597. The first-order valence-electron chi connectivity index (χ1n) is 30.4. The van der Waals surface area contributed by atoms with Gasteiger partial charge in [-0.25, -0.2) is 0 Å². The number of allylic oxidation sites excluding steroid dienone is 4. The lowest BCUT2D eigenvalue weighted by atomic mass is 10.0. The van der Waals surface area contributed by atoms with E-state index in [0.29, 0.717) is 12.8 Å². The zero-order valence-corrected chi connectivity index (χ0v) is 45.4. The van der Waals surface area contributed by atoms with Gasteiger partial charge >= 0.3 is 11.9 Å². The maximum atomic E-state index is 12.3. The monoisotopic (exact) mass is 943 g/mol. The van der Waals surface area contributed by atoms with Gasteiger partial charge in [-0.15, -0.1) is 0 Å². The summed E-state index contributed by atoms with van der Waals surface area (Å²) in [6.45, 7) is 4.19. The Labute approximate surface area is 419 Å². The number of unbranched alkanes of at least 4 members (excludes halogenated alkanes) is 45. The van der Waals surface area contributed by atoms with Crippen LogP contribution in [0.3, 0.4) is 0 Å². The molecule has 0 aliphatic rings. The van der Waals surface area contributed by atoms with Crippen LogP contribution in [0.4, 0.5) is 0 Å². The third kappa shape index (κ3) is 56.9. The molecule has 5 nitrogen and oxygen atoms in total. The van der Waals surface area contributed by atoms with E-state index in [1.165, 1.54) is 276 Å². The number of carbonyl (C=O) groups is 2. The van der Waals surface area contributed by atoms with Crippen molar-refractivity contribution in [3.8, 4) is 0 Å². The van der Waals surface area contributed by atoms with Gasteiger partial charge in [0.05, 0.1) is 6.61 Å². The standard InChI is InChI=1S/C62H118O5/c1-3-5-7-9-11-13-15-17-19-21-23-25-27-29-30-31-33-34-36-38-40-42-44-46-48-50-52-54-56-61(64)66-59-60(58-63)67-62(65)57-55-53-51-49-47-45-43-41-39-37-35-32-28-26-24-22-20-18-16-14-12-10-8-6-4-2/h16,18,22,24,60,63H,3-15,17,19-21,23,25-59H2,1-2H3/b18-16-,24-22-. The molecule has 0 bridgehead atoms. The fourth-order valence-electron chi connectivity index (χ4n) is 9.41. The minimum Gasteiger partial charge on any atom is -0.462 e. The number of aliphatic hydroxyl groups is 1. The molecule has 0 fully saturated rings. The van der Waals surface area contributed by atoms with Gasteiger partial charge in [0.2, 0.25) is 0 Å². The molecule has 67 heavy (non-hydrogen) atoms. The van der Waals surface area contributed by atoms with Gasteiger partial charge in [-0.2, -0.15) is 0 Å². The van der Waals surface area contributed by atoms with Crippen LogP contribution in [0.15, 0.2) is 24.3 Å². The summed E-state index contributed by atoms with van der Waals surface area (Å²) in [4.78, 5) is 24.6. The van der Waals surface area contributed by atoms with Crippen LogP contribution in [-0.4, -0.2) is 36.4 Å². The summed E-state index contributed by atoms with van der Waals surface area (Å²) >= 11 is 0. The molecule has 396 valence electrons. The third-order valence-corrected chi connectivity index (χ3v) is 14.0. The van der Waals surface area contributed by atoms with Crippen molar-refractivity contribution >= 4 is 11.9 Å². The Bertz CT molecular complexity index is 1020. The number of rotatable bonds is 57. The maximum absolute atomic E-state index is 12.3. The van der Waals surface area contributed by atoms with Crippen LogP contribution in [0.2, 0.25) is 0 Å². The number of esters is 2. The van der Waals surface area contributed by atoms with E-state index in [-0.39, 0.29) is 25.2 Å². The summed E-state index contributed by atoms with van der Waals surface area (Å²) in [6.07, 6.45) is 74.6. The van der Waals surface area contributed by atoms with E-state index in [1.54, 1.807) is 0 Å². The lowest BCUT2D eigenvalue weighted by Gasteiger charge is -2.15. The third-order valence-electron chi connectivity index (χ3n) is 14.0. The highest BCUT2D eigenvalue weighted by atomic mass is 16.6. The molecule has 0 radical (unpaired) electrons. The van der Waals surface area contributed by atoms with E-state index in [0.717, 1.165) is 38.5 Å². The van der Waals surface area contributed by atoms with E-state index in [9.17, 15) is 14.7 Å². The average molecular weight is 944 g/mol. The first-order valence-corrected chi connectivity index (χ1v) is 30.4. The van der Waals surface area contributed by atoms with Crippen molar-refractivity contribution in [1.82, 2.24) is 0 Å². The fraction of sp³-hybridized carbons (Fsp3) is 0.903. The van der Waals surface area contributed by atoms with Crippen molar-refractivity contribution in [2.75, 3.05) is 13.2 Å². The van der Waals surface area contributed by atoms with Crippen LogP contribution in [0.5, 0.6) is 0 Å². The van der Waals surface area contributed by atoms with Crippen molar-refractivity contribution in [3.05, 3.63) is 24.3 Å². The predicted molar refractivity (Wildman–Crippen MR) is 293 cm³/mol. The molecule has 0 aliphatic carbocycles. The van der Waals surface area contributed by atoms with E-state index in [1.807, 2.05) is 0 Å². The quantitative estimate of drug-likeness (QED) is 0.0374. The van der Waals surface area contributed by atoms with Crippen molar-refractivity contribution in [3.63, 3.8) is 0 Å². The molecule has 5 heteroatoms. The summed E-state index contributed by atoms with van der Waals surface area (Å²) in [7, 11) is 0. The highest BCUT2D eigenvalue weighted by Gasteiger charge is 2.16. The summed E-state index contributed by atoms with van der Waals surface area (Å²) in [5.74, 6) is -0.570. The molecule has 0 saturated heterocycles. The highest BCUT2D eigenvalue weighted by Crippen LogP contribution is 2.18. The van der Waals surface area contributed by atoms with Crippen LogP contribution in [0, 0.1) is 0 Å². The largest absolute Gasteiger partial charge is 0.462 e. The van der Waals surface area contributed by atoms with Crippen molar-refractivity contribution in [2.24, 2.45) is 0 Å². The van der Waals surface area contributed by atoms with Crippen LogP contribution in [0.25, 0.3) is 0 Å². The lowest BCUT2D eigenvalue weighted by Crippen LogP contribution is -2.28. The Morgan fingerprint density at radius 1 is 0.343 bits per heavy atom. The van der Waals surface area contributed by atoms with Gasteiger partial charge in [-0.3, -0.25) is 9.59 Å². The zero-order valence-electron chi connectivity index (χ0n) is 45.4. The Balaban J connectivity index is 3.41. The van der Waals surface area contributed by atoms with Gasteiger partial charge in [0.25, 0.3) is 0 Å². The van der Waals surface area contributed by atoms with Crippen LogP contribution < -0.4 is 0 Å². The SMILES string of the molecule is CCCCCCC/C=C\C/C=C\CCCCCCCCCCCCCCCC(=O)OC(CO)COC(=O)CCCCCCCCCCCCCCCCCCCCCCCCCCCCCC. The van der Waals surface area contributed by atoms with Gasteiger partial charge in [0.15, 0.2) is 6.10 Å². The van der Waals surface area contributed by atoms with Crippen molar-refractivity contribution in [2.45, 2.75) is 347 Å². The first-order chi connectivity index (χ1) is 33.1. The summed E-state index contributed by atoms with van der Waals surface area (Å²) in [5.41, 5.74) is 0. The maximum Gasteiger partial charge on any atom is 0.306 e. The minimum atomic E-state index is -0.769. The molecule has 0 spiro atoms. The Morgan fingerprint density at radius 2 is 0.597 bits per heavy atom. The molecule has 1 N–H and O–H groups in total. The number of hydrogen-bond donors (Lipinski definition) is 1. The van der Waals surface area contributed by atoms with Gasteiger partial charge in [-0.1, -0.05) is 308 Å². The van der Waals surface area contributed by atoms with Crippen LogP contribution >= 0.6 is 0 Å². The normalized spacial score (nSPS) is 12.2. The van der Waals surface area contributed by atoms with Gasteiger partial charge in [0.1, 0.15) is 6.61 Å². The Morgan fingerprint density at radius 3 is 0.881 bits per heavy atom. The zero-order chi connectivity index (χ0) is 48.5. The topological polar surface area (TPSA) is 72.8 Å². The van der Waals surface area contributed by atoms with Crippen LogP contribution in [0.1, 0.15) is 341 Å². The molecule has 0 rings (SSSR count). The molecular formula is C62H118O5. The van der Waals surface area contributed by atoms with E-state index in [2.05, 4.69) is 38.2 Å².